The van der Waals surface area contributed by atoms with Crippen LogP contribution in [0.25, 0.3) is 33.4 Å². The minimum absolute atomic E-state index is 0.159. The highest BCUT2D eigenvalue weighted by Crippen LogP contribution is 2.52. The monoisotopic (exact) mass is 684 g/mol. The van der Waals surface area contributed by atoms with E-state index in [2.05, 4.69) is 165 Å². The third-order valence-corrected chi connectivity index (χ3v) is 13.7. The second-order valence-corrected chi connectivity index (χ2v) is 19.1. The lowest BCUT2D eigenvalue weighted by molar-refractivity contribution is 0.419. The van der Waals surface area contributed by atoms with E-state index in [1.165, 1.54) is 60.8 Å². The maximum atomic E-state index is 7.22. The first-order valence-corrected chi connectivity index (χ1v) is 21.0. The highest BCUT2D eigenvalue weighted by atomic mass is 28.4. The Morgan fingerprint density at radius 2 is 1.10 bits per heavy atom. The molecule has 0 N–H and O–H groups in total. The van der Waals surface area contributed by atoms with E-state index in [9.17, 15) is 0 Å². The molecule has 254 valence electrons. The minimum Gasteiger partial charge on any atom is -0.556 e. The number of hydrogen-bond donors (Lipinski definition) is 0. The van der Waals surface area contributed by atoms with Gasteiger partial charge in [0.1, 0.15) is 23.0 Å². The third-order valence-electron chi connectivity index (χ3n) is 11.3. The zero-order valence-corrected chi connectivity index (χ0v) is 32.2. The predicted octanol–water partition coefficient (Wildman–Crippen LogP) is 11.1. The van der Waals surface area contributed by atoms with Crippen LogP contribution in [0.5, 0.6) is 23.0 Å². The van der Waals surface area contributed by atoms with Crippen molar-refractivity contribution in [3.63, 3.8) is 0 Å². The lowest BCUT2D eigenvalue weighted by atomic mass is 9.62. The molecule has 0 saturated heterocycles. The Kier molecular flexibility index (Phi) is 7.84. The van der Waals surface area contributed by atoms with Gasteiger partial charge in [0, 0.05) is 38.3 Å². The molecule has 2 aliphatic rings. The van der Waals surface area contributed by atoms with Gasteiger partial charge in [-0.2, -0.15) is 0 Å². The molecule has 0 aliphatic carbocycles. The standard InChI is InChI=1S/C46H45BO3Si/c1-28-24-26-32(30(3)42(28)34-16-14-19-37-44(34)48-39-21-11-10-18-36(39)46(37,5)6)33-27-25-29(2)43(31(33)4)35-17-15-20-38-45(35)50-51(8,9)41-23-13-12-22-40(41)49-47(38)7/h10-27H,1-9H3. The normalized spacial score (nSPS) is 15.1. The zero-order chi connectivity index (χ0) is 35.8. The summed E-state index contributed by atoms with van der Waals surface area (Å²) in [6.45, 7) is 20.1. The molecule has 51 heavy (non-hydrogen) atoms. The fraction of sp³-hybridized carbons (Fsp3) is 0.217. The number of ether oxygens (including phenoxy) is 1. The van der Waals surface area contributed by atoms with E-state index in [4.69, 9.17) is 13.8 Å². The van der Waals surface area contributed by atoms with Gasteiger partial charge in [-0.05, 0) is 104 Å². The summed E-state index contributed by atoms with van der Waals surface area (Å²) in [5.74, 6) is 3.75. The van der Waals surface area contributed by atoms with E-state index in [0.29, 0.717) is 0 Å². The molecule has 5 heteroatoms. The van der Waals surface area contributed by atoms with Gasteiger partial charge >= 0.3 is 6.92 Å². The van der Waals surface area contributed by atoms with Gasteiger partial charge < -0.3 is 13.8 Å². The molecular weight excluding hydrogens is 639 g/mol. The highest BCUT2D eigenvalue weighted by molar-refractivity contribution is 6.86. The third kappa shape index (κ3) is 5.24. The van der Waals surface area contributed by atoms with Gasteiger partial charge in [-0.15, -0.1) is 0 Å². The second kappa shape index (κ2) is 12.1. The van der Waals surface area contributed by atoms with Crippen LogP contribution < -0.4 is 24.5 Å². The molecule has 0 atom stereocenters. The number of benzene rings is 6. The van der Waals surface area contributed by atoms with Crippen molar-refractivity contribution in [3.8, 4) is 56.4 Å². The molecule has 0 unspecified atom stereocenters. The van der Waals surface area contributed by atoms with Crippen molar-refractivity contribution >= 4 is 25.9 Å². The molecule has 0 spiro atoms. The Morgan fingerprint density at radius 1 is 0.549 bits per heavy atom. The average molecular weight is 685 g/mol. The Balaban J connectivity index is 1.28. The van der Waals surface area contributed by atoms with Gasteiger partial charge in [-0.25, -0.2) is 0 Å². The van der Waals surface area contributed by atoms with Gasteiger partial charge in [-0.3, -0.25) is 0 Å². The van der Waals surface area contributed by atoms with Crippen LogP contribution in [-0.4, -0.2) is 15.2 Å². The van der Waals surface area contributed by atoms with Crippen LogP contribution in [0, 0.1) is 27.7 Å². The average Bonchev–Trinajstić information content (AvgIpc) is 3.09. The molecule has 0 aromatic heterocycles. The summed E-state index contributed by atoms with van der Waals surface area (Å²) in [5.41, 5.74) is 15.4. The number of para-hydroxylation sites is 4. The molecule has 0 fully saturated rings. The van der Waals surface area contributed by atoms with Gasteiger partial charge in [0.25, 0.3) is 8.32 Å². The van der Waals surface area contributed by atoms with Crippen molar-refractivity contribution in [1.29, 1.82) is 0 Å². The molecule has 8 rings (SSSR count). The van der Waals surface area contributed by atoms with Crippen molar-refractivity contribution in [2.75, 3.05) is 0 Å². The summed E-state index contributed by atoms with van der Waals surface area (Å²) in [6, 6.07) is 39.1. The Morgan fingerprint density at radius 3 is 1.76 bits per heavy atom. The van der Waals surface area contributed by atoms with E-state index < -0.39 is 8.32 Å². The molecule has 0 amide bonds. The smallest absolute Gasteiger partial charge is 0.392 e. The van der Waals surface area contributed by atoms with E-state index in [0.717, 1.165) is 39.6 Å². The van der Waals surface area contributed by atoms with Crippen molar-refractivity contribution in [1.82, 2.24) is 0 Å². The highest BCUT2D eigenvalue weighted by Gasteiger charge is 2.38. The summed E-state index contributed by atoms with van der Waals surface area (Å²) in [7, 11) is -2.39. The van der Waals surface area contributed by atoms with Gasteiger partial charge in [0.05, 0.1) is 0 Å². The van der Waals surface area contributed by atoms with Gasteiger partial charge in [0.15, 0.2) is 0 Å². The van der Waals surface area contributed by atoms with E-state index in [1.54, 1.807) is 0 Å². The van der Waals surface area contributed by atoms with E-state index in [1.807, 2.05) is 6.07 Å². The molecule has 0 bridgehead atoms. The largest absolute Gasteiger partial charge is 0.556 e. The molecule has 2 heterocycles. The van der Waals surface area contributed by atoms with Gasteiger partial charge in [-0.1, -0.05) is 111 Å². The molecule has 6 aromatic rings. The van der Waals surface area contributed by atoms with Crippen molar-refractivity contribution in [2.45, 2.75) is 66.9 Å². The topological polar surface area (TPSA) is 27.7 Å². The first kappa shape index (κ1) is 33.2. The Hall–Kier alpha value is -5.00. The molecular formula is C46H45BO3Si. The lowest BCUT2D eigenvalue weighted by Gasteiger charge is -2.35. The van der Waals surface area contributed by atoms with Crippen molar-refractivity contribution in [2.24, 2.45) is 0 Å². The summed E-state index contributed by atoms with van der Waals surface area (Å²) in [6.07, 6.45) is 0. The van der Waals surface area contributed by atoms with Crippen LogP contribution in [0.2, 0.25) is 19.9 Å². The predicted molar refractivity (Wildman–Crippen MR) is 216 cm³/mol. The number of hydrogen-bond acceptors (Lipinski definition) is 3. The minimum atomic E-state index is -2.39. The fourth-order valence-electron chi connectivity index (χ4n) is 8.59. The quantitative estimate of drug-likeness (QED) is 0.174. The Bertz CT molecular complexity index is 2370. The summed E-state index contributed by atoms with van der Waals surface area (Å²) in [5, 5.41) is 1.18. The van der Waals surface area contributed by atoms with Crippen LogP contribution in [0.3, 0.4) is 0 Å². The summed E-state index contributed by atoms with van der Waals surface area (Å²) in [4.78, 5) is 0. The number of rotatable bonds is 3. The van der Waals surface area contributed by atoms with Crippen LogP contribution in [0.15, 0.2) is 109 Å². The fourth-order valence-corrected chi connectivity index (χ4v) is 10.7. The van der Waals surface area contributed by atoms with Crippen LogP contribution in [-0.2, 0) is 5.41 Å². The van der Waals surface area contributed by atoms with Crippen molar-refractivity contribution < 1.29 is 13.8 Å². The molecule has 3 nitrogen and oxygen atoms in total. The van der Waals surface area contributed by atoms with Crippen molar-refractivity contribution in [3.05, 3.63) is 143 Å². The van der Waals surface area contributed by atoms with E-state index in [-0.39, 0.29) is 12.3 Å². The molecule has 0 radical (unpaired) electrons. The summed E-state index contributed by atoms with van der Waals surface area (Å²) >= 11 is 0. The van der Waals surface area contributed by atoms with Crippen LogP contribution >= 0.6 is 0 Å². The van der Waals surface area contributed by atoms with Crippen LogP contribution in [0.1, 0.15) is 47.2 Å². The first-order chi connectivity index (χ1) is 24.4. The maximum absolute atomic E-state index is 7.22. The lowest BCUT2D eigenvalue weighted by Crippen LogP contribution is -2.53. The number of aryl methyl sites for hydroxylation is 2. The van der Waals surface area contributed by atoms with Crippen LogP contribution in [0.4, 0.5) is 0 Å². The molecule has 6 aromatic carbocycles. The summed E-state index contributed by atoms with van der Waals surface area (Å²) < 4.78 is 20.6. The SMILES string of the molecule is CB1Oc2ccccc2[Si](C)(C)Oc2c1cccc2-c1c(C)ccc(-c2ccc(C)c(-c3cccc4c3Oc3ccccc3C4(C)C)c2C)c1C. The zero-order valence-electron chi connectivity index (χ0n) is 31.2. The Labute approximate surface area is 304 Å². The first-order valence-electron chi connectivity index (χ1n) is 18.1. The maximum Gasteiger partial charge on any atom is 0.392 e. The molecule has 0 saturated carbocycles. The molecule has 2 aliphatic heterocycles. The van der Waals surface area contributed by atoms with E-state index >= 15 is 0 Å². The number of fused-ring (bicyclic) bond motifs is 4. The van der Waals surface area contributed by atoms with Gasteiger partial charge in [0.2, 0.25) is 0 Å². The second-order valence-electron chi connectivity index (χ2n) is 15.4.